The molecule has 9 nitrogen and oxygen atoms in total. The van der Waals surface area contributed by atoms with Crippen molar-refractivity contribution in [3.05, 3.63) is 119 Å². The third-order valence-electron chi connectivity index (χ3n) is 9.25. The fourth-order valence-electron chi connectivity index (χ4n) is 7.30. The standard InChI is InChI=1S/C36H37N3O6/c1-37(2)34(42)29-19-27-28(38(29)21-24-15-16-30(40)31(17-24)44-3)18-26-22-39(33(41)25-13-9-6-10-14-25)36(32(26)27,35(43)45-4)20-23-11-7-5-8-12-23/h5-17,19,26,32,40H,18,20-22H2,1-4H3/t26-,32+,36+/m0/s1. The summed E-state index contributed by atoms with van der Waals surface area (Å²) in [6, 6.07) is 25.8. The average molecular weight is 608 g/mol. The van der Waals surface area contributed by atoms with Gasteiger partial charge in [0.1, 0.15) is 5.69 Å². The van der Waals surface area contributed by atoms with Gasteiger partial charge in [-0.15, -0.1) is 0 Å². The van der Waals surface area contributed by atoms with Crippen molar-refractivity contribution in [2.75, 3.05) is 34.9 Å². The Morgan fingerprint density at radius 2 is 1.62 bits per heavy atom. The number of likely N-dealkylation sites (tertiary alicyclic amines) is 1. The van der Waals surface area contributed by atoms with Crippen molar-refractivity contribution in [1.29, 1.82) is 0 Å². The number of carbonyl (C=O) groups is 3. The first-order valence-electron chi connectivity index (χ1n) is 15.0. The molecule has 2 heterocycles. The maximum atomic E-state index is 14.2. The molecule has 3 aromatic carbocycles. The van der Waals surface area contributed by atoms with Gasteiger partial charge in [-0.25, -0.2) is 4.79 Å². The van der Waals surface area contributed by atoms with Crippen molar-refractivity contribution in [1.82, 2.24) is 14.4 Å². The number of aromatic hydroxyl groups is 1. The van der Waals surface area contributed by atoms with Gasteiger partial charge < -0.3 is 28.9 Å². The summed E-state index contributed by atoms with van der Waals surface area (Å²) in [6.07, 6.45) is 0.832. The largest absolute Gasteiger partial charge is 0.504 e. The van der Waals surface area contributed by atoms with Crippen LogP contribution in [0.2, 0.25) is 0 Å². The van der Waals surface area contributed by atoms with Gasteiger partial charge in [-0.1, -0.05) is 54.6 Å². The summed E-state index contributed by atoms with van der Waals surface area (Å²) in [7, 11) is 6.28. The van der Waals surface area contributed by atoms with Gasteiger partial charge in [-0.2, -0.15) is 0 Å². The zero-order chi connectivity index (χ0) is 31.9. The third kappa shape index (κ3) is 5.02. The van der Waals surface area contributed by atoms with Gasteiger partial charge >= 0.3 is 5.97 Å². The summed E-state index contributed by atoms with van der Waals surface area (Å²) in [5, 5.41) is 10.2. The first kappa shape index (κ1) is 30.0. The Morgan fingerprint density at radius 3 is 2.27 bits per heavy atom. The molecule has 0 bridgehead atoms. The highest BCUT2D eigenvalue weighted by atomic mass is 16.5. The van der Waals surface area contributed by atoms with Crippen molar-refractivity contribution >= 4 is 17.8 Å². The fraction of sp³-hybridized carbons (Fsp3) is 0.306. The molecule has 9 heteroatoms. The van der Waals surface area contributed by atoms with E-state index in [1.165, 1.54) is 19.1 Å². The molecule has 1 N–H and O–H groups in total. The number of amides is 2. The predicted octanol–water partition coefficient (Wildman–Crippen LogP) is 4.52. The van der Waals surface area contributed by atoms with Crippen LogP contribution in [0.1, 0.15) is 49.1 Å². The third-order valence-corrected chi connectivity index (χ3v) is 9.25. The molecule has 1 fully saturated rings. The van der Waals surface area contributed by atoms with Crippen LogP contribution in [0.4, 0.5) is 0 Å². The molecule has 1 saturated heterocycles. The number of esters is 1. The minimum absolute atomic E-state index is 0.0325. The van der Waals surface area contributed by atoms with E-state index in [9.17, 15) is 19.5 Å². The number of rotatable bonds is 8. The molecule has 2 amide bonds. The van der Waals surface area contributed by atoms with Crippen molar-refractivity contribution in [3.8, 4) is 11.5 Å². The van der Waals surface area contributed by atoms with E-state index < -0.39 is 17.4 Å². The maximum Gasteiger partial charge on any atom is 0.332 e. The molecule has 0 saturated carbocycles. The van der Waals surface area contributed by atoms with E-state index >= 15 is 0 Å². The van der Waals surface area contributed by atoms with Crippen LogP contribution < -0.4 is 4.74 Å². The number of benzene rings is 3. The molecular weight excluding hydrogens is 570 g/mol. The second-order valence-corrected chi connectivity index (χ2v) is 12.0. The lowest BCUT2D eigenvalue weighted by Gasteiger charge is -2.40. The second kappa shape index (κ2) is 11.8. The molecule has 1 aliphatic heterocycles. The first-order valence-corrected chi connectivity index (χ1v) is 15.0. The highest BCUT2D eigenvalue weighted by molar-refractivity contribution is 6.00. The van der Waals surface area contributed by atoms with Crippen LogP contribution in [0.5, 0.6) is 11.5 Å². The lowest BCUT2D eigenvalue weighted by molar-refractivity contribution is -0.153. The SMILES string of the molecule is COC(=O)[C@@]1(Cc2ccccc2)[C@H]2c3cc(C(=O)N(C)C)n(Cc4ccc(O)c(OC)c4)c3C[C@H]2CN1C(=O)c1ccccc1. The van der Waals surface area contributed by atoms with Crippen molar-refractivity contribution in [3.63, 3.8) is 0 Å². The lowest BCUT2D eigenvalue weighted by Crippen LogP contribution is -2.58. The number of methoxy groups -OCH3 is 2. The van der Waals surface area contributed by atoms with E-state index in [0.717, 1.165) is 22.4 Å². The Labute approximate surface area is 262 Å². The summed E-state index contributed by atoms with van der Waals surface area (Å²) in [5.41, 5.74) is 3.23. The second-order valence-electron chi connectivity index (χ2n) is 12.0. The Hall–Kier alpha value is -5.05. The zero-order valence-corrected chi connectivity index (χ0v) is 25.9. The average Bonchev–Trinajstić information content (AvgIpc) is 3.69. The number of fused-ring (bicyclic) bond motifs is 3. The summed E-state index contributed by atoms with van der Waals surface area (Å²) in [5.74, 6) is -0.984. The van der Waals surface area contributed by atoms with Gasteiger partial charge in [0.25, 0.3) is 11.8 Å². The van der Waals surface area contributed by atoms with E-state index in [-0.39, 0.29) is 29.9 Å². The minimum Gasteiger partial charge on any atom is -0.504 e. The molecule has 232 valence electrons. The van der Waals surface area contributed by atoms with E-state index in [1.54, 1.807) is 49.3 Å². The zero-order valence-electron chi connectivity index (χ0n) is 25.9. The van der Waals surface area contributed by atoms with Crippen LogP contribution in [0.3, 0.4) is 0 Å². The molecule has 1 aromatic heterocycles. The van der Waals surface area contributed by atoms with Gasteiger partial charge in [0, 0.05) is 50.8 Å². The molecule has 0 radical (unpaired) electrons. The minimum atomic E-state index is -1.34. The Bertz CT molecular complexity index is 1750. The number of phenolic OH excluding ortho intramolecular Hbond substituents is 1. The summed E-state index contributed by atoms with van der Waals surface area (Å²) in [4.78, 5) is 45.3. The Morgan fingerprint density at radius 1 is 0.933 bits per heavy atom. The van der Waals surface area contributed by atoms with Crippen molar-refractivity contribution in [2.45, 2.75) is 30.8 Å². The normalized spacial score (nSPS) is 20.0. The highest BCUT2D eigenvalue weighted by Gasteiger charge is 2.64. The monoisotopic (exact) mass is 607 g/mol. The lowest BCUT2D eigenvalue weighted by atomic mass is 9.75. The van der Waals surface area contributed by atoms with Gasteiger partial charge in [0.05, 0.1) is 14.2 Å². The molecule has 45 heavy (non-hydrogen) atoms. The van der Waals surface area contributed by atoms with Gasteiger partial charge in [-0.05, 0) is 59.4 Å². The van der Waals surface area contributed by atoms with E-state index in [1.807, 2.05) is 59.2 Å². The van der Waals surface area contributed by atoms with E-state index in [4.69, 9.17) is 9.47 Å². The molecule has 0 spiro atoms. The van der Waals surface area contributed by atoms with Crippen LogP contribution >= 0.6 is 0 Å². The van der Waals surface area contributed by atoms with Crippen LogP contribution in [0.25, 0.3) is 0 Å². The quantitative estimate of drug-likeness (QED) is 0.296. The number of hydrogen-bond acceptors (Lipinski definition) is 6. The number of hydrogen-bond donors (Lipinski definition) is 1. The first-order chi connectivity index (χ1) is 21.7. The van der Waals surface area contributed by atoms with Crippen LogP contribution in [-0.2, 0) is 28.9 Å². The Kier molecular flexibility index (Phi) is 7.87. The smallest absolute Gasteiger partial charge is 0.332 e. The van der Waals surface area contributed by atoms with E-state index in [0.29, 0.717) is 36.5 Å². The van der Waals surface area contributed by atoms with Crippen LogP contribution in [0, 0.1) is 5.92 Å². The molecule has 1 aliphatic carbocycles. The number of carbonyl (C=O) groups excluding carboxylic acids is 3. The summed E-state index contributed by atoms with van der Waals surface area (Å²) < 4.78 is 12.9. The predicted molar refractivity (Wildman–Crippen MR) is 169 cm³/mol. The van der Waals surface area contributed by atoms with Crippen LogP contribution in [-0.4, -0.2) is 77.7 Å². The van der Waals surface area contributed by atoms with Crippen LogP contribution in [0.15, 0.2) is 84.9 Å². The highest BCUT2D eigenvalue weighted by Crippen LogP contribution is 2.55. The molecule has 4 aromatic rings. The summed E-state index contributed by atoms with van der Waals surface area (Å²) in [6.45, 7) is 0.718. The van der Waals surface area contributed by atoms with E-state index in [2.05, 4.69) is 0 Å². The van der Waals surface area contributed by atoms with Gasteiger partial charge in [-0.3, -0.25) is 9.59 Å². The number of aromatic nitrogens is 1. The summed E-state index contributed by atoms with van der Waals surface area (Å²) >= 11 is 0. The molecule has 6 rings (SSSR count). The number of nitrogens with zero attached hydrogens (tertiary/aromatic N) is 3. The maximum absolute atomic E-state index is 14.2. The Balaban J connectivity index is 1.53. The topological polar surface area (TPSA) is 101 Å². The number of phenols is 1. The number of ether oxygens (including phenoxy) is 2. The van der Waals surface area contributed by atoms with Gasteiger partial charge in [0.15, 0.2) is 17.0 Å². The molecular formula is C36H37N3O6. The van der Waals surface area contributed by atoms with Gasteiger partial charge in [0.2, 0.25) is 0 Å². The van der Waals surface area contributed by atoms with Crippen molar-refractivity contribution < 1.29 is 29.0 Å². The fourth-order valence-corrected chi connectivity index (χ4v) is 7.30. The molecule has 3 atom stereocenters. The molecule has 0 unspecified atom stereocenters. The molecule has 2 aliphatic rings. The van der Waals surface area contributed by atoms with Crippen molar-refractivity contribution in [2.24, 2.45) is 5.92 Å².